The third-order valence-electron chi connectivity index (χ3n) is 3.81. The molecule has 104 valence electrons. The molecule has 1 aliphatic rings. The maximum Gasteiger partial charge on any atom is 0.153 e. The van der Waals surface area contributed by atoms with Gasteiger partial charge in [0.15, 0.2) is 6.29 Å². The van der Waals surface area contributed by atoms with E-state index in [1.54, 1.807) is 12.3 Å². The number of hydrogen-bond acceptors (Lipinski definition) is 3. The minimum absolute atomic E-state index is 0.358. The fourth-order valence-corrected chi connectivity index (χ4v) is 2.74. The number of pyridine rings is 1. The third kappa shape index (κ3) is 2.48. The summed E-state index contributed by atoms with van der Waals surface area (Å²) in [6, 6.07) is 3.24. The molecule has 0 atom stereocenters. The van der Waals surface area contributed by atoms with E-state index in [0.717, 1.165) is 25.3 Å². The zero-order valence-corrected chi connectivity index (χ0v) is 11.1. The van der Waals surface area contributed by atoms with Gasteiger partial charge < -0.3 is 0 Å². The summed E-state index contributed by atoms with van der Waals surface area (Å²) in [7, 11) is 0. The minimum Gasteiger partial charge on any atom is -0.298 e. The third-order valence-corrected chi connectivity index (χ3v) is 3.81. The molecule has 1 fully saturated rings. The molecule has 4 nitrogen and oxygen atoms in total. The Bertz CT molecular complexity index is 600. The molecule has 20 heavy (non-hydrogen) atoms. The fourth-order valence-electron chi connectivity index (χ4n) is 2.74. The van der Waals surface area contributed by atoms with E-state index in [1.807, 2.05) is 4.68 Å². The van der Waals surface area contributed by atoms with Gasteiger partial charge in [-0.15, -0.1) is 0 Å². The van der Waals surface area contributed by atoms with Crippen molar-refractivity contribution in [3.63, 3.8) is 0 Å². The van der Waals surface area contributed by atoms with Gasteiger partial charge in [-0.05, 0) is 25.0 Å². The number of carbonyl (C=O) groups excluding carboxylic acids is 1. The normalized spacial score (nSPS) is 16.2. The Morgan fingerprint density at radius 1 is 1.25 bits per heavy atom. The highest BCUT2D eigenvalue weighted by molar-refractivity contribution is 5.84. The molecule has 2 aromatic heterocycles. The van der Waals surface area contributed by atoms with E-state index in [2.05, 4.69) is 10.1 Å². The van der Waals surface area contributed by atoms with E-state index in [1.165, 1.54) is 25.3 Å². The Morgan fingerprint density at radius 3 is 2.70 bits per heavy atom. The number of nitrogens with zero attached hydrogens (tertiary/aromatic N) is 3. The lowest BCUT2D eigenvalue weighted by Gasteiger charge is -2.21. The minimum atomic E-state index is -0.395. The first-order valence-electron chi connectivity index (χ1n) is 6.94. The van der Waals surface area contributed by atoms with E-state index in [-0.39, 0.29) is 0 Å². The summed E-state index contributed by atoms with van der Waals surface area (Å²) in [5.41, 5.74) is 1.57. The second-order valence-corrected chi connectivity index (χ2v) is 5.18. The van der Waals surface area contributed by atoms with E-state index in [9.17, 15) is 9.18 Å². The Balaban J connectivity index is 1.95. The van der Waals surface area contributed by atoms with Crippen LogP contribution in [0, 0.1) is 5.82 Å². The fraction of sp³-hybridized carbons (Fsp3) is 0.400. The largest absolute Gasteiger partial charge is 0.298 e. The number of hydrogen-bond donors (Lipinski definition) is 0. The first-order valence-corrected chi connectivity index (χ1v) is 6.94. The molecule has 0 amide bonds. The van der Waals surface area contributed by atoms with Gasteiger partial charge in [0.05, 0.1) is 23.5 Å². The average molecular weight is 273 g/mol. The van der Waals surface area contributed by atoms with Crippen LogP contribution in [-0.4, -0.2) is 21.1 Å². The van der Waals surface area contributed by atoms with Crippen LogP contribution >= 0.6 is 0 Å². The van der Waals surface area contributed by atoms with Gasteiger partial charge in [-0.25, -0.2) is 4.39 Å². The number of carbonyl (C=O) groups is 1. The smallest absolute Gasteiger partial charge is 0.153 e. The van der Waals surface area contributed by atoms with E-state index in [4.69, 9.17) is 0 Å². The van der Waals surface area contributed by atoms with Crippen LogP contribution in [0.15, 0.2) is 24.5 Å². The van der Waals surface area contributed by atoms with Gasteiger partial charge in [0, 0.05) is 6.20 Å². The molecular formula is C15H16FN3O. The van der Waals surface area contributed by atoms with Gasteiger partial charge >= 0.3 is 0 Å². The summed E-state index contributed by atoms with van der Waals surface area (Å²) < 4.78 is 14.8. The Hall–Kier alpha value is -2.04. The van der Waals surface area contributed by atoms with Crippen LogP contribution in [0.4, 0.5) is 4.39 Å². The van der Waals surface area contributed by atoms with Gasteiger partial charge in [-0.2, -0.15) is 5.10 Å². The quantitative estimate of drug-likeness (QED) is 0.805. The van der Waals surface area contributed by atoms with Gasteiger partial charge in [0.25, 0.3) is 0 Å². The van der Waals surface area contributed by atoms with Gasteiger partial charge in [0.1, 0.15) is 11.5 Å². The molecule has 0 bridgehead atoms. The second-order valence-electron chi connectivity index (χ2n) is 5.18. The van der Waals surface area contributed by atoms with Crippen LogP contribution < -0.4 is 0 Å². The molecule has 0 spiro atoms. The van der Waals surface area contributed by atoms with E-state index >= 15 is 0 Å². The molecule has 2 aromatic rings. The first-order chi connectivity index (χ1) is 9.78. The summed E-state index contributed by atoms with van der Waals surface area (Å²) in [4.78, 5) is 15.2. The van der Waals surface area contributed by atoms with Crippen LogP contribution in [0.25, 0.3) is 11.4 Å². The average Bonchev–Trinajstić information content (AvgIpc) is 2.93. The molecule has 0 aromatic carbocycles. The molecule has 5 heteroatoms. The Labute approximate surface area is 116 Å². The SMILES string of the molecule is O=Cc1cn(C2CCCCC2)nc1-c1ccc(F)cn1. The van der Waals surface area contributed by atoms with Crippen molar-refractivity contribution in [1.82, 2.24) is 14.8 Å². The topological polar surface area (TPSA) is 47.8 Å². The lowest BCUT2D eigenvalue weighted by atomic mass is 9.96. The molecule has 0 aliphatic heterocycles. The van der Waals surface area contributed by atoms with Gasteiger partial charge in [-0.3, -0.25) is 14.5 Å². The van der Waals surface area contributed by atoms with Crippen molar-refractivity contribution in [1.29, 1.82) is 0 Å². The van der Waals surface area contributed by atoms with Crippen LogP contribution in [-0.2, 0) is 0 Å². The maximum absolute atomic E-state index is 12.9. The van der Waals surface area contributed by atoms with Gasteiger partial charge in [-0.1, -0.05) is 19.3 Å². The summed E-state index contributed by atoms with van der Waals surface area (Å²) >= 11 is 0. The highest BCUT2D eigenvalue weighted by atomic mass is 19.1. The molecule has 1 aliphatic carbocycles. The molecule has 3 rings (SSSR count). The van der Waals surface area contributed by atoms with E-state index < -0.39 is 5.82 Å². The lowest BCUT2D eigenvalue weighted by Crippen LogP contribution is -2.13. The van der Waals surface area contributed by atoms with Gasteiger partial charge in [0.2, 0.25) is 0 Å². The zero-order chi connectivity index (χ0) is 13.9. The summed E-state index contributed by atoms with van der Waals surface area (Å²) in [6.45, 7) is 0. The number of rotatable bonds is 3. The number of aromatic nitrogens is 3. The predicted octanol–water partition coefficient (Wildman–Crippen LogP) is 3.40. The van der Waals surface area contributed by atoms with Crippen molar-refractivity contribution in [2.24, 2.45) is 0 Å². The van der Waals surface area contributed by atoms with Crippen LogP contribution in [0.3, 0.4) is 0 Å². The van der Waals surface area contributed by atoms with Crippen LogP contribution in [0.5, 0.6) is 0 Å². The first kappa shape index (κ1) is 13.0. The monoisotopic (exact) mass is 273 g/mol. The highest BCUT2D eigenvalue weighted by Crippen LogP contribution is 2.29. The second kappa shape index (κ2) is 5.53. The maximum atomic E-state index is 12.9. The predicted molar refractivity (Wildman–Crippen MR) is 72.9 cm³/mol. The van der Waals surface area contributed by atoms with Crippen molar-refractivity contribution in [2.75, 3.05) is 0 Å². The van der Waals surface area contributed by atoms with Crippen molar-refractivity contribution < 1.29 is 9.18 Å². The molecule has 0 N–H and O–H groups in total. The highest BCUT2D eigenvalue weighted by Gasteiger charge is 2.19. The molecule has 0 radical (unpaired) electrons. The number of aldehydes is 1. The van der Waals surface area contributed by atoms with Crippen LogP contribution in [0.2, 0.25) is 0 Å². The number of halogens is 1. The summed E-state index contributed by atoms with van der Waals surface area (Å²) in [6.07, 6.45) is 9.56. The summed E-state index contributed by atoms with van der Waals surface area (Å²) in [5, 5.41) is 4.51. The lowest BCUT2D eigenvalue weighted by molar-refractivity contribution is 0.112. The van der Waals surface area contributed by atoms with Crippen molar-refractivity contribution in [3.05, 3.63) is 35.9 Å². The van der Waals surface area contributed by atoms with Crippen molar-refractivity contribution in [2.45, 2.75) is 38.1 Å². The standard InChI is InChI=1S/C15H16FN3O/c16-12-6-7-14(17-8-12)15-11(10-20)9-19(18-15)13-4-2-1-3-5-13/h6-10,13H,1-5H2. The molecule has 1 saturated carbocycles. The van der Waals surface area contributed by atoms with E-state index in [0.29, 0.717) is 23.0 Å². The zero-order valence-electron chi connectivity index (χ0n) is 11.1. The molecule has 2 heterocycles. The van der Waals surface area contributed by atoms with Crippen molar-refractivity contribution in [3.8, 4) is 11.4 Å². The molecule has 0 saturated heterocycles. The Kier molecular flexibility index (Phi) is 3.58. The molecular weight excluding hydrogens is 257 g/mol. The molecule has 0 unspecified atom stereocenters. The Morgan fingerprint density at radius 2 is 2.05 bits per heavy atom. The summed E-state index contributed by atoms with van der Waals surface area (Å²) in [5.74, 6) is -0.395. The van der Waals surface area contributed by atoms with Crippen molar-refractivity contribution >= 4 is 6.29 Å². The van der Waals surface area contributed by atoms with Crippen LogP contribution in [0.1, 0.15) is 48.5 Å².